The minimum Gasteiger partial charge on any atom is -0.352 e. The number of carbonyl (C=O) groups is 1. The number of hydrogen-bond acceptors (Lipinski definition) is 3. The van der Waals surface area contributed by atoms with E-state index in [9.17, 15) is 9.59 Å². The predicted molar refractivity (Wildman–Crippen MR) is 113 cm³/mol. The zero-order valence-corrected chi connectivity index (χ0v) is 16.5. The number of hydrogen-bond donors (Lipinski definition) is 3. The Morgan fingerprint density at radius 2 is 1.76 bits per heavy atom. The van der Waals surface area contributed by atoms with Gasteiger partial charge in [-0.25, -0.2) is 4.98 Å². The van der Waals surface area contributed by atoms with Gasteiger partial charge in [-0.15, -0.1) is 0 Å². The normalized spacial score (nSPS) is 14.3. The molecule has 2 heterocycles. The van der Waals surface area contributed by atoms with Crippen molar-refractivity contribution in [2.24, 2.45) is 0 Å². The van der Waals surface area contributed by atoms with Gasteiger partial charge in [0.15, 0.2) is 0 Å². The van der Waals surface area contributed by atoms with E-state index in [1.54, 1.807) is 11.0 Å². The first-order chi connectivity index (χ1) is 14.2. The molecule has 3 aromatic rings. The number of nitrogens with one attached hydrogen (secondary N) is 3. The van der Waals surface area contributed by atoms with Crippen molar-refractivity contribution >= 4 is 16.8 Å². The molecule has 0 atom stereocenters. The summed E-state index contributed by atoms with van der Waals surface area (Å²) in [6, 6.07) is 15.6. The average Bonchev–Trinajstić information content (AvgIpc) is 3.25. The number of amides is 1. The molecule has 0 unspecified atom stereocenters. The molecule has 1 aliphatic rings. The fourth-order valence-corrected chi connectivity index (χ4v) is 3.99. The molecule has 3 N–H and O–H groups in total. The number of likely N-dealkylation sites (tertiary alicyclic amines) is 1. The van der Waals surface area contributed by atoms with Crippen LogP contribution < -0.4 is 15.8 Å². The first-order valence-electron chi connectivity index (χ1n) is 10.3. The number of aromatic nitrogens is 2. The molecule has 1 saturated heterocycles. The minimum absolute atomic E-state index is 0.0378. The van der Waals surface area contributed by atoms with Crippen molar-refractivity contribution < 1.29 is 9.69 Å². The van der Waals surface area contributed by atoms with Gasteiger partial charge in [0.2, 0.25) is 5.91 Å². The quantitative estimate of drug-likeness (QED) is 0.569. The molecule has 0 spiro atoms. The number of nitrogens with zero attached hydrogens (tertiary/aromatic N) is 1. The number of rotatable bonds is 7. The standard InChI is InChI=1S/C23H26N4O2/c28-22(12-11-21-25-20-10-4-3-9-19(20)23(29)26-21)24-15-17-7-1-2-8-18(17)16-27-13-5-6-14-27/h1-4,7-10H,5-6,11-16H2,(H,24,28)(H,25,26,29)/p+1. The van der Waals surface area contributed by atoms with Crippen molar-refractivity contribution in [3.8, 4) is 0 Å². The molecule has 0 bridgehead atoms. The third kappa shape index (κ3) is 4.90. The second-order valence-electron chi connectivity index (χ2n) is 7.71. The van der Waals surface area contributed by atoms with Gasteiger partial charge in [0, 0.05) is 37.8 Å². The van der Waals surface area contributed by atoms with E-state index in [0.29, 0.717) is 36.1 Å². The van der Waals surface area contributed by atoms with Crippen molar-refractivity contribution in [3.05, 3.63) is 75.8 Å². The molecule has 6 heteroatoms. The Balaban J connectivity index is 1.33. The summed E-state index contributed by atoms with van der Waals surface area (Å²) >= 11 is 0. The lowest BCUT2D eigenvalue weighted by molar-refractivity contribution is -0.901. The van der Waals surface area contributed by atoms with Crippen molar-refractivity contribution in [2.75, 3.05) is 13.1 Å². The maximum Gasteiger partial charge on any atom is 0.258 e. The van der Waals surface area contributed by atoms with Gasteiger partial charge in [-0.3, -0.25) is 9.59 Å². The van der Waals surface area contributed by atoms with E-state index in [0.717, 1.165) is 6.54 Å². The molecule has 6 nitrogen and oxygen atoms in total. The number of benzene rings is 2. The zero-order valence-electron chi connectivity index (χ0n) is 16.5. The molecule has 0 saturated carbocycles. The summed E-state index contributed by atoms with van der Waals surface area (Å²) in [5.74, 6) is 0.506. The van der Waals surface area contributed by atoms with E-state index in [-0.39, 0.29) is 11.5 Å². The van der Waals surface area contributed by atoms with Gasteiger partial charge in [-0.2, -0.15) is 0 Å². The highest BCUT2D eigenvalue weighted by Gasteiger charge is 2.17. The SMILES string of the molecule is O=C(CCc1nc2ccccc2c(=O)[nH]1)NCc1ccccc1C[NH+]1CCCC1. The minimum atomic E-state index is -0.163. The van der Waals surface area contributed by atoms with Crippen LogP contribution in [-0.2, 0) is 24.3 Å². The van der Waals surface area contributed by atoms with Gasteiger partial charge in [0.25, 0.3) is 5.56 Å². The van der Waals surface area contributed by atoms with Gasteiger partial charge in [0.1, 0.15) is 12.4 Å². The van der Waals surface area contributed by atoms with Crippen LogP contribution in [0.15, 0.2) is 53.3 Å². The molecule has 0 aliphatic carbocycles. The van der Waals surface area contributed by atoms with Crippen LogP contribution in [0.2, 0.25) is 0 Å². The second-order valence-corrected chi connectivity index (χ2v) is 7.71. The van der Waals surface area contributed by atoms with Crippen LogP contribution in [0.5, 0.6) is 0 Å². The van der Waals surface area contributed by atoms with Gasteiger partial charge in [-0.1, -0.05) is 36.4 Å². The van der Waals surface area contributed by atoms with E-state index in [1.165, 1.54) is 37.1 Å². The van der Waals surface area contributed by atoms with Crippen LogP contribution >= 0.6 is 0 Å². The number of fused-ring (bicyclic) bond motifs is 1. The fourth-order valence-electron chi connectivity index (χ4n) is 3.99. The molecule has 1 amide bonds. The highest BCUT2D eigenvalue weighted by molar-refractivity contribution is 5.78. The van der Waals surface area contributed by atoms with E-state index in [2.05, 4.69) is 33.5 Å². The Morgan fingerprint density at radius 1 is 1.03 bits per heavy atom. The van der Waals surface area contributed by atoms with Crippen molar-refractivity contribution in [2.45, 2.75) is 38.8 Å². The summed E-state index contributed by atoms with van der Waals surface area (Å²) in [4.78, 5) is 33.4. The Kier molecular flexibility index (Phi) is 6.00. The summed E-state index contributed by atoms with van der Waals surface area (Å²) in [6.07, 6.45) is 3.31. The topological polar surface area (TPSA) is 79.3 Å². The monoisotopic (exact) mass is 391 g/mol. The Hall–Kier alpha value is -2.99. The third-order valence-electron chi connectivity index (χ3n) is 5.60. The molecule has 0 radical (unpaired) electrons. The summed E-state index contributed by atoms with van der Waals surface area (Å²) in [7, 11) is 0. The van der Waals surface area contributed by atoms with Gasteiger partial charge >= 0.3 is 0 Å². The number of aromatic amines is 1. The number of carbonyl (C=O) groups excluding carboxylic acids is 1. The van der Waals surface area contributed by atoms with Crippen LogP contribution in [0.3, 0.4) is 0 Å². The predicted octanol–water partition coefficient (Wildman–Crippen LogP) is 1.35. The molecular formula is C23H27N4O2+. The van der Waals surface area contributed by atoms with E-state index < -0.39 is 0 Å². The fraction of sp³-hybridized carbons (Fsp3) is 0.348. The molecule has 1 fully saturated rings. The lowest BCUT2D eigenvalue weighted by Crippen LogP contribution is -3.08. The number of H-pyrrole nitrogens is 1. The summed E-state index contributed by atoms with van der Waals surface area (Å²) in [6.45, 7) is 4.02. The van der Waals surface area contributed by atoms with Gasteiger partial charge in [0.05, 0.1) is 24.0 Å². The summed E-state index contributed by atoms with van der Waals surface area (Å²) in [5.41, 5.74) is 2.98. The summed E-state index contributed by atoms with van der Waals surface area (Å²) in [5, 5.41) is 3.59. The lowest BCUT2D eigenvalue weighted by Gasteiger charge is -2.15. The zero-order chi connectivity index (χ0) is 20.1. The van der Waals surface area contributed by atoms with Gasteiger partial charge in [-0.05, 0) is 17.7 Å². The molecule has 1 aliphatic heterocycles. The summed E-state index contributed by atoms with van der Waals surface area (Å²) < 4.78 is 0. The van der Waals surface area contributed by atoms with E-state index in [1.807, 2.05) is 24.3 Å². The molecule has 4 rings (SSSR count). The Labute approximate surface area is 170 Å². The highest BCUT2D eigenvalue weighted by atomic mass is 16.1. The first kappa shape index (κ1) is 19.3. The molecule has 1 aromatic heterocycles. The second kappa shape index (κ2) is 9.01. The largest absolute Gasteiger partial charge is 0.352 e. The smallest absolute Gasteiger partial charge is 0.258 e. The molecule has 2 aromatic carbocycles. The van der Waals surface area contributed by atoms with E-state index >= 15 is 0 Å². The van der Waals surface area contributed by atoms with Crippen LogP contribution in [0.4, 0.5) is 0 Å². The number of para-hydroxylation sites is 1. The third-order valence-corrected chi connectivity index (χ3v) is 5.60. The van der Waals surface area contributed by atoms with Gasteiger partial charge < -0.3 is 15.2 Å². The maximum atomic E-state index is 12.4. The van der Waals surface area contributed by atoms with Crippen LogP contribution in [0.1, 0.15) is 36.2 Å². The molecule has 29 heavy (non-hydrogen) atoms. The molecule has 150 valence electrons. The van der Waals surface area contributed by atoms with Crippen LogP contribution in [-0.4, -0.2) is 29.0 Å². The highest BCUT2D eigenvalue weighted by Crippen LogP contribution is 2.09. The average molecular weight is 391 g/mol. The van der Waals surface area contributed by atoms with Crippen LogP contribution in [0, 0.1) is 0 Å². The maximum absolute atomic E-state index is 12.4. The van der Waals surface area contributed by atoms with Crippen molar-refractivity contribution in [3.63, 3.8) is 0 Å². The number of aryl methyl sites for hydroxylation is 1. The Morgan fingerprint density at radius 3 is 2.59 bits per heavy atom. The van der Waals surface area contributed by atoms with Crippen molar-refractivity contribution in [1.82, 2.24) is 15.3 Å². The van der Waals surface area contributed by atoms with E-state index in [4.69, 9.17) is 0 Å². The lowest BCUT2D eigenvalue weighted by atomic mass is 10.1. The molecular weight excluding hydrogens is 364 g/mol. The number of quaternary nitrogens is 1. The van der Waals surface area contributed by atoms with Crippen LogP contribution in [0.25, 0.3) is 10.9 Å². The van der Waals surface area contributed by atoms with Crippen molar-refractivity contribution in [1.29, 1.82) is 0 Å². The Bertz CT molecular complexity index is 1050. The first-order valence-corrected chi connectivity index (χ1v) is 10.3.